The van der Waals surface area contributed by atoms with Gasteiger partial charge in [0.2, 0.25) is 0 Å². The van der Waals surface area contributed by atoms with Gasteiger partial charge in [-0.1, -0.05) is 24.3 Å². The Kier molecular flexibility index (Phi) is 4.35. The van der Waals surface area contributed by atoms with Gasteiger partial charge in [0.25, 0.3) is 0 Å². The summed E-state index contributed by atoms with van der Waals surface area (Å²) in [5, 5.41) is 0. The van der Waals surface area contributed by atoms with E-state index in [1.807, 2.05) is 18.2 Å². The third kappa shape index (κ3) is 3.08. The normalized spacial score (nSPS) is 11.3. The Hall–Kier alpha value is -2.33. The third-order valence-electron chi connectivity index (χ3n) is 4.04. The Morgan fingerprint density at radius 1 is 1.13 bits per heavy atom. The molecule has 0 aliphatic rings. The molecule has 0 fully saturated rings. The molecular formula is C19H23N3O. The molecule has 23 heavy (non-hydrogen) atoms. The molecule has 0 aliphatic heterocycles. The Bertz CT molecular complexity index is 821. The van der Waals surface area contributed by atoms with Gasteiger partial charge in [0.1, 0.15) is 11.4 Å². The Balaban J connectivity index is 2.10. The SMILES string of the molecule is COc1ccccc1Cc1nc2c(C)cccn2c1CN(C)C. The smallest absolute Gasteiger partial charge is 0.140 e. The number of hydrogen-bond acceptors (Lipinski definition) is 3. The number of benzene rings is 1. The van der Waals surface area contributed by atoms with Crippen molar-refractivity contribution in [1.82, 2.24) is 14.3 Å². The maximum absolute atomic E-state index is 5.49. The summed E-state index contributed by atoms with van der Waals surface area (Å²) in [6.45, 7) is 2.96. The van der Waals surface area contributed by atoms with Gasteiger partial charge >= 0.3 is 0 Å². The summed E-state index contributed by atoms with van der Waals surface area (Å²) in [6.07, 6.45) is 2.87. The monoisotopic (exact) mass is 309 g/mol. The molecule has 0 radical (unpaired) electrons. The molecule has 0 bridgehead atoms. The van der Waals surface area contributed by atoms with E-state index < -0.39 is 0 Å². The molecule has 0 aliphatic carbocycles. The number of nitrogens with zero attached hydrogens (tertiary/aromatic N) is 3. The van der Waals surface area contributed by atoms with Crippen molar-refractivity contribution in [3.05, 3.63) is 65.1 Å². The lowest BCUT2D eigenvalue weighted by molar-refractivity contribution is 0.393. The van der Waals surface area contributed by atoms with Gasteiger partial charge in [-0.2, -0.15) is 0 Å². The minimum absolute atomic E-state index is 0.772. The van der Waals surface area contributed by atoms with Gasteiger partial charge in [0.05, 0.1) is 18.5 Å². The van der Waals surface area contributed by atoms with Crippen LogP contribution in [0.5, 0.6) is 5.75 Å². The second kappa shape index (κ2) is 6.42. The predicted octanol–water partition coefficient (Wildman–Crippen LogP) is 3.30. The second-order valence-electron chi connectivity index (χ2n) is 6.12. The van der Waals surface area contributed by atoms with Crippen LogP contribution in [0.25, 0.3) is 5.65 Å². The predicted molar refractivity (Wildman–Crippen MR) is 93.1 cm³/mol. The molecule has 2 aromatic heterocycles. The van der Waals surface area contributed by atoms with Crippen LogP contribution in [-0.4, -0.2) is 35.5 Å². The first-order valence-corrected chi connectivity index (χ1v) is 7.82. The van der Waals surface area contributed by atoms with Gasteiger partial charge in [-0.25, -0.2) is 4.98 Å². The van der Waals surface area contributed by atoms with Crippen molar-refractivity contribution < 1.29 is 4.74 Å². The van der Waals surface area contributed by atoms with Crippen molar-refractivity contribution in [3.63, 3.8) is 0 Å². The van der Waals surface area contributed by atoms with Gasteiger partial charge in [0.15, 0.2) is 0 Å². The van der Waals surface area contributed by atoms with Gasteiger partial charge in [-0.05, 0) is 38.7 Å². The Morgan fingerprint density at radius 2 is 1.91 bits per heavy atom. The van der Waals surface area contributed by atoms with Crippen LogP contribution in [0.3, 0.4) is 0 Å². The Morgan fingerprint density at radius 3 is 2.65 bits per heavy atom. The third-order valence-corrected chi connectivity index (χ3v) is 4.04. The quantitative estimate of drug-likeness (QED) is 0.724. The van der Waals surface area contributed by atoms with Crippen LogP contribution in [0.4, 0.5) is 0 Å². The van der Waals surface area contributed by atoms with Crippen LogP contribution in [0.2, 0.25) is 0 Å². The van der Waals surface area contributed by atoms with E-state index in [-0.39, 0.29) is 0 Å². The number of hydrogen-bond donors (Lipinski definition) is 0. The molecule has 0 amide bonds. The minimum Gasteiger partial charge on any atom is -0.496 e. The minimum atomic E-state index is 0.772. The van der Waals surface area contributed by atoms with E-state index in [1.54, 1.807) is 7.11 Å². The molecule has 0 saturated carbocycles. The maximum Gasteiger partial charge on any atom is 0.140 e. The van der Waals surface area contributed by atoms with Crippen molar-refractivity contribution in [3.8, 4) is 5.75 Å². The first kappa shape index (κ1) is 15.6. The number of imidazole rings is 1. The fourth-order valence-electron chi connectivity index (χ4n) is 2.94. The average molecular weight is 309 g/mol. The lowest BCUT2D eigenvalue weighted by atomic mass is 10.1. The topological polar surface area (TPSA) is 29.8 Å². The van der Waals surface area contributed by atoms with E-state index >= 15 is 0 Å². The summed E-state index contributed by atoms with van der Waals surface area (Å²) in [7, 11) is 5.89. The van der Waals surface area contributed by atoms with E-state index in [2.05, 4.69) is 54.7 Å². The number of fused-ring (bicyclic) bond motifs is 1. The van der Waals surface area contributed by atoms with Gasteiger partial charge in [0, 0.05) is 24.7 Å². The summed E-state index contributed by atoms with van der Waals surface area (Å²) in [4.78, 5) is 7.09. The van der Waals surface area contributed by atoms with Crippen LogP contribution in [0.1, 0.15) is 22.5 Å². The molecule has 2 heterocycles. The highest BCUT2D eigenvalue weighted by atomic mass is 16.5. The molecule has 0 atom stereocenters. The Labute approximate surface area is 137 Å². The zero-order chi connectivity index (χ0) is 16.4. The molecular weight excluding hydrogens is 286 g/mol. The molecule has 3 rings (SSSR count). The fourth-order valence-corrected chi connectivity index (χ4v) is 2.94. The van der Waals surface area contributed by atoms with Crippen LogP contribution in [0, 0.1) is 6.92 Å². The highest BCUT2D eigenvalue weighted by molar-refractivity contribution is 5.51. The summed E-state index contributed by atoms with van der Waals surface area (Å²) in [5.74, 6) is 0.914. The van der Waals surface area contributed by atoms with Gasteiger partial charge < -0.3 is 14.0 Å². The van der Waals surface area contributed by atoms with Crippen molar-refractivity contribution in [2.75, 3.05) is 21.2 Å². The first-order chi connectivity index (χ1) is 11.1. The van der Waals surface area contributed by atoms with E-state index in [1.165, 1.54) is 11.3 Å². The summed E-state index contributed by atoms with van der Waals surface area (Å²) >= 11 is 0. The molecule has 120 valence electrons. The fraction of sp³-hybridized carbons (Fsp3) is 0.316. The lowest BCUT2D eigenvalue weighted by Crippen LogP contribution is -2.14. The number of rotatable bonds is 5. The van der Waals surface area contributed by atoms with Crippen LogP contribution >= 0.6 is 0 Å². The van der Waals surface area contributed by atoms with Crippen molar-refractivity contribution in [2.45, 2.75) is 19.9 Å². The van der Waals surface area contributed by atoms with Crippen LogP contribution in [-0.2, 0) is 13.0 Å². The van der Waals surface area contributed by atoms with Crippen molar-refractivity contribution in [2.24, 2.45) is 0 Å². The molecule has 0 spiro atoms. The van der Waals surface area contributed by atoms with E-state index in [9.17, 15) is 0 Å². The molecule has 0 N–H and O–H groups in total. The largest absolute Gasteiger partial charge is 0.496 e. The first-order valence-electron chi connectivity index (χ1n) is 7.82. The summed E-state index contributed by atoms with van der Waals surface area (Å²) in [5.41, 5.74) is 5.74. The maximum atomic E-state index is 5.49. The molecule has 1 aromatic carbocycles. The highest BCUT2D eigenvalue weighted by Crippen LogP contribution is 2.24. The molecule has 0 unspecified atom stereocenters. The molecule has 0 saturated heterocycles. The molecule has 3 aromatic rings. The zero-order valence-electron chi connectivity index (χ0n) is 14.2. The van der Waals surface area contributed by atoms with Gasteiger partial charge in [-0.15, -0.1) is 0 Å². The number of methoxy groups -OCH3 is 1. The second-order valence-corrected chi connectivity index (χ2v) is 6.12. The number of ether oxygens (including phenoxy) is 1. The van der Waals surface area contributed by atoms with Crippen LogP contribution in [0.15, 0.2) is 42.6 Å². The molecule has 4 heteroatoms. The van der Waals surface area contributed by atoms with E-state index in [0.717, 1.165) is 35.6 Å². The summed E-state index contributed by atoms with van der Waals surface area (Å²) in [6, 6.07) is 12.3. The van der Waals surface area contributed by atoms with Crippen molar-refractivity contribution >= 4 is 5.65 Å². The lowest BCUT2D eigenvalue weighted by Gasteiger charge is -2.12. The van der Waals surface area contributed by atoms with Crippen LogP contribution < -0.4 is 4.74 Å². The molecule has 4 nitrogen and oxygen atoms in total. The number of para-hydroxylation sites is 1. The summed E-state index contributed by atoms with van der Waals surface area (Å²) < 4.78 is 7.70. The highest BCUT2D eigenvalue weighted by Gasteiger charge is 2.16. The standard InChI is InChI=1S/C19H23N3O/c1-14-8-7-11-22-17(13-21(2)3)16(20-19(14)22)12-15-9-5-6-10-18(15)23-4/h5-11H,12-13H2,1-4H3. The van der Waals surface area contributed by atoms with E-state index in [4.69, 9.17) is 9.72 Å². The van der Waals surface area contributed by atoms with Gasteiger partial charge in [-0.3, -0.25) is 0 Å². The van der Waals surface area contributed by atoms with Crippen molar-refractivity contribution in [1.29, 1.82) is 0 Å². The number of pyridine rings is 1. The average Bonchev–Trinajstić information content (AvgIpc) is 2.87. The number of aryl methyl sites for hydroxylation is 1. The van der Waals surface area contributed by atoms with E-state index in [0.29, 0.717) is 0 Å². The zero-order valence-corrected chi connectivity index (χ0v) is 14.2. The number of aromatic nitrogens is 2.